The van der Waals surface area contributed by atoms with Crippen molar-refractivity contribution in [3.8, 4) is 0 Å². The van der Waals surface area contributed by atoms with Crippen molar-refractivity contribution in [1.82, 2.24) is 0 Å². The topological polar surface area (TPSA) is 26.3 Å². The lowest BCUT2D eigenvalue weighted by atomic mass is 10.2. The highest BCUT2D eigenvalue weighted by Crippen LogP contribution is 2.20. The van der Waals surface area contributed by atoms with Crippen LogP contribution in [0.2, 0.25) is 0 Å². The third-order valence-electron chi connectivity index (χ3n) is 3.09. The quantitative estimate of drug-likeness (QED) is 0.332. The van der Waals surface area contributed by atoms with Crippen LogP contribution in [0.1, 0.15) is 62.7 Å². The van der Waals surface area contributed by atoms with Crippen molar-refractivity contribution >= 4 is 17.7 Å². The van der Waals surface area contributed by atoms with Crippen LogP contribution < -0.4 is 0 Å². The van der Waals surface area contributed by atoms with Crippen molar-refractivity contribution in [3.63, 3.8) is 0 Å². The molecule has 1 rings (SSSR count). The van der Waals surface area contributed by atoms with Crippen LogP contribution in [0.15, 0.2) is 29.2 Å². The lowest BCUT2D eigenvalue weighted by Gasteiger charge is -2.05. The number of carbonyl (C=O) groups excluding carboxylic acids is 1. The number of unbranched alkanes of at least 4 members (excludes halogenated alkanes) is 4. The Bertz CT molecular complexity index is 373. The van der Waals surface area contributed by atoms with Gasteiger partial charge in [0.15, 0.2) is 0 Å². The van der Waals surface area contributed by atoms with Crippen LogP contribution in [0.5, 0.6) is 0 Å². The van der Waals surface area contributed by atoms with Gasteiger partial charge in [-0.1, -0.05) is 39.5 Å². The van der Waals surface area contributed by atoms with Crippen LogP contribution in [-0.2, 0) is 4.74 Å². The zero-order chi connectivity index (χ0) is 14.6. The smallest absolute Gasteiger partial charge is 0.338 e. The molecule has 0 N–H and O–H groups in total. The van der Waals surface area contributed by atoms with Gasteiger partial charge in [0.05, 0.1) is 12.2 Å². The molecule has 112 valence electrons. The number of hydrogen-bond acceptors (Lipinski definition) is 3. The summed E-state index contributed by atoms with van der Waals surface area (Å²) < 4.78 is 5.24. The predicted molar refractivity (Wildman–Crippen MR) is 86.5 cm³/mol. The fourth-order valence-corrected chi connectivity index (χ4v) is 2.74. The van der Waals surface area contributed by atoms with E-state index in [0.717, 1.165) is 25.0 Å². The van der Waals surface area contributed by atoms with Crippen molar-refractivity contribution in [1.29, 1.82) is 0 Å². The summed E-state index contributed by atoms with van der Waals surface area (Å²) in [6.45, 7) is 4.88. The molecule has 0 heterocycles. The molecule has 20 heavy (non-hydrogen) atoms. The molecule has 0 radical (unpaired) electrons. The molecule has 0 saturated heterocycles. The molecule has 3 heteroatoms. The zero-order valence-electron chi connectivity index (χ0n) is 12.7. The summed E-state index contributed by atoms with van der Waals surface area (Å²) >= 11 is 1.85. The van der Waals surface area contributed by atoms with Crippen LogP contribution in [0.4, 0.5) is 0 Å². The van der Waals surface area contributed by atoms with Gasteiger partial charge in [0.25, 0.3) is 0 Å². The van der Waals surface area contributed by atoms with Gasteiger partial charge in [-0.05, 0) is 42.9 Å². The van der Waals surface area contributed by atoms with Crippen LogP contribution in [0, 0.1) is 0 Å². The summed E-state index contributed by atoms with van der Waals surface area (Å²) in [6.07, 6.45) is 7.00. The van der Waals surface area contributed by atoms with Gasteiger partial charge in [-0.3, -0.25) is 0 Å². The highest BCUT2D eigenvalue weighted by atomic mass is 32.2. The molecule has 2 nitrogen and oxygen atoms in total. The summed E-state index contributed by atoms with van der Waals surface area (Å²) in [5.41, 5.74) is 0.652. The van der Waals surface area contributed by atoms with Crippen LogP contribution in [0.25, 0.3) is 0 Å². The Kier molecular flexibility index (Phi) is 9.22. The van der Waals surface area contributed by atoms with E-state index in [1.165, 1.54) is 24.2 Å². The Morgan fingerprint density at radius 1 is 1.00 bits per heavy atom. The van der Waals surface area contributed by atoms with Gasteiger partial charge in [-0.2, -0.15) is 0 Å². The van der Waals surface area contributed by atoms with Crippen molar-refractivity contribution < 1.29 is 9.53 Å². The number of carbonyl (C=O) groups is 1. The number of thioether (sulfide) groups is 1. The maximum absolute atomic E-state index is 11.8. The van der Waals surface area contributed by atoms with E-state index in [1.54, 1.807) is 0 Å². The Balaban J connectivity index is 2.31. The monoisotopic (exact) mass is 294 g/mol. The van der Waals surface area contributed by atoms with E-state index in [9.17, 15) is 4.79 Å². The largest absolute Gasteiger partial charge is 0.462 e. The van der Waals surface area contributed by atoms with Crippen LogP contribution in [0.3, 0.4) is 0 Å². The third-order valence-corrected chi connectivity index (χ3v) is 4.19. The molecule has 0 saturated carbocycles. The minimum absolute atomic E-state index is 0.205. The average Bonchev–Trinajstić information content (AvgIpc) is 2.48. The Hall–Kier alpha value is -0.960. The van der Waals surface area contributed by atoms with E-state index < -0.39 is 0 Å². The van der Waals surface area contributed by atoms with E-state index in [2.05, 4.69) is 13.8 Å². The molecule has 0 aliphatic rings. The van der Waals surface area contributed by atoms with Crippen molar-refractivity contribution in [2.45, 2.75) is 57.3 Å². The maximum atomic E-state index is 11.8. The van der Waals surface area contributed by atoms with E-state index >= 15 is 0 Å². The van der Waals surface area contributed by atoms with Gasteiger partial charge in [-0.15, -0.1) is 11.8 Å². The van der Waals surface area contributed by atoms with Crippen LogP contribution in [-0.4, -0.2) is 18.3 Å². The first-order valence-corrected chi connectivity index (χ1v) is 8.66. The average molecular weight is 294 g/mol. The fraction of sp³-hybridized carbons (Fsp3) is 0.588. The second-order valence-corrected chi connectivity index (χ2v) is 6.09. The fourth-order valence-electron chi connectivity index (χ4n) is 1.83. The highest BCUT2D eigenvalue weighted by Gasteiger charge is 2.06. The van der Waals surface area contributed by atoms with Gasteiger partial charge in [0, 0.05) is 4.90 Å². The van der Waals surface area contributed by atoms with Gasteiger partial charge >= 0.3 is 5.97 Å². The maximum Gasteiger partial charge on any atom is 0.338 e. The lowest BCUT2D eigenvalue weighted by Crippen LogP contribution is -2.06. The second kappa shape index (κ2) is 10.8. The molecule has 0 aromatic heterocycles. The number of benzene rings is 1. The molecule has 0 unspecified atom stereocenters. The molecular weight excluding hydrogens is 268 g/mol. The molecular formula is C17H26O2S. The Labute approximate surface area is 127 Å². The van der Waals surface area contributed by atoms with E-state index in [1.807, 2.05) is 36.0 Å². The summed E-state index contributed by atoms with van der Waals surface area (Å²) in [5.74, 6) is 0.943. The third kappa shape index (κ3) is 6.99. The molecule has 0 spiro atoms. The molecule has 0 fully saturated rings. The number of hydrogen-bond donors (Lipinski definition) is 0. The zero-order valence-corrected chi connectivity index (χ0v) is 13.5. The molecule has 0 amide bonds. The standard InChI is InChI=1S/C17H26O2S/c1-3-5-7-13-19-17(18)15-9-11-16(12-10-15)20-14-8-6-4-2/h9-12H,3-8,13-14H2,1-2H3. The molecule has 1 aromatic rings. The first kappa shape index (κ1) is 17.1. The number of ether oxygens (including phenoxy) is 1. The van der Waals surface area contributed by atoms with E-state index in [4.69, 9.17) is 4.74 Å². The number of rotatable bonds is 10. The van der Waals surface area contributed by atoms with Crippen molar-refractivity contribution in [2.75, 3.05) is 12.4 Å². The minimum atomic E-state index is -0.205. The normalized spacial score (nSPS) is 10.5. The van der Waals surface area contributed by atoms with Crippen molar-refractivity contribution in [2.24, 2.45) is 0 Å². The predicted octanol–water partition coefficient (Wildman–Crippen LogP) is 5.32. The minimum Gasteiger partial charge on any atom is -0.462 e. The van der Waals surface area contributed by atoms with Gasteiger partial charge in [-0.25, -0.2) is 4.79 Å². The molecule has 0 aliphatic heterocycles. The van der Waals surface area contributed by atoms with Crippen molar-refractivity contribution in [3.05, 3.63) is 29.8 Å². The molecule has 0 aliphatic carbocycles. The Morgan fingerprint density at radius 3 is 2.30 bits per heavy atom. The lowest BCUT2D eigenvalue weighted by molar-refractivity contribution is 0.0498. The Morgan fingerprint density at radius 2 is 1.65 bits per heavy atom. The van der Waals surface area contributed by atoms with E-state index in [-0.39, 0.29) is 5.97 Å². The van der Waals surface area contributed by atoms with E-state index in [0.29, 0.717) is 12.2 Å². The van der Waals surface area contributed by atoms with Gasteiger partial charge in [0.2, 0.25) is 0 Å². The molecule has 0 bridgehead atoms. The summed E-state index contributed by atoms with van der Waals surface area (Å²) in [4.78, 5) is 13.0. The first-order valence-electron chi connectivity index (χ1n) is 7.68. The first-order chi connectivity index (χ1) is 9.77. The SMILES string of the molecule is CCCCCOC(=O)c1ccc(SCCCCC)cc1. The second-order valence-electron chi connectivity index (χ2n) is 4.92. The van der Waals surface area contributed by atoms with Gasteiger partial charge < -0.3 is 4.74 Å². The molecule has 0 atom stereocenters. The number of esters is 1. The summed E-state index contributed by atoms with van der Waals surface area (Å²) in [7, 11) is 0. The summed E-state index contributed by atoms with van der Waals surface area (Å²) in [5, 5.41) is 0. The van der Waals surface area contributed by atoms with Gasteiger partial charge in [0.1, 0.15) is 0 Å². The van der Waals surface area contributed by atoms with Crippen LogP contribution >= 0.6 is 11.8 Å². The summed E-state index contributed by atoms with van der Waals surface area (Å²) in [6, 6.07) is 7.76. The molecule has 1 aromatic carbocycles. The highest BCUT2D eigenvalue weighted by molar-refractivity contribution is 7.99.